The first-order chi connectivity index (χ1) is 46.1. The van der Waals surface area contributed by atoms with Crippen molar-refractivity contribution in [1.29, 1.82) is 0 Å². The molecule has 0 fully saturated rings. The number of unbranched alkanes of at least 4 members (excludes halogenated alkanes) is 39. The van der Waals surface area contributed by atoms with Gasteiger partial charge in [-0.25, -0.2) is 9.13 Å². The molecule has 96 heavy (non-hydrogen) atoms. The van der Waals surface area contributed by atoms with E-state index in [1.165, 1.54) is 186 Å². The van der Waals surface area contributed by atoms with Gasteiger partial charge in [-0.3, -0.25) is 37.3 Å². The summed E-state index contributed by atoms with van der Waals surface area (Å²) in [7, 11) is -9.91. The van der Waals surface area contributed by atoms with Crippen LogP contribution >= 0.6 is 15.6 Å². The summed E-state index contributed by atoms with van der Waals surface area (Å²) in [6.07, 6.45) is 51.7. The molecule has 0 aliphatic carbocycles. The molecular formula is C77H150O17P2. The summed E-state index contributed by atoms with van der Waals surface area (Å²) in [5.74, 6) is 0.908. The number of carbonyl (C=O) groups excluding carboxylic acids is 4. The van der Waals surface area contributed by atoms with E-state index in [1.807, 2.05) is 0 Å². The number of aliphatic hydroxyl groups is 1. The zero-order valence-corrected chi connectivity index (χ0v) is 64.8. The number of rotatable bonds is 74. The van der Waals surface area contributed by atoms with Gasteiger partial charge in [-0.15, -0.1) is 0 Å². The maximum absolute atomic E-state index is 13.1. The average Bonchev–Trinajstić information content (AvgIpc) is 1.51. The zero-order valence-electron chi connectivity index (χ0n) is 63.0. The maximum Gasteiger partial charge on any atom is 0.472 e. The van der Waals surface area contributed by atoms with Crippen molar-refractivity contribution in [3.8, 4) is 0 Å². The number of hydrogen-bond acceptors (Lipinski definition) is 15. The lowest BCUT2D eigenvalue weighted by molar-refractivity contribution is -0.161. The van der Waals surface area contributed by atoms with Crippen LogP contribution in [0.25, 0.3) is 0 Å². The first-order valence-corrected chi connectivity index (χ1v) is 42.7. The largest absolute Gasteiger partial charge is 0.472 e. The summed E-state index contributed by atoms with van der Waals surface area (Å²) < 4.78 is 68.5. The Morgan fingerprint density at radius 2 is 0.500 bits per heavy atom. The van der Waals surface area contributed by atoms with Crippen LogP contribution in [0.2, 0.25) is 0 Å². The van der Waals surface area contributed by atoms with Crippen molar-refractivity contribution < 1.29 is 80.2 Å². The molecule has 0 bridgehead atoms. The topological polar surface area (TPSA) is 237 Å². The van der Waals surface area contributed by atoms with Crippen molar-refractivity contribution in [2.75, 3.05) is 39.6 Å². The first kappa shape index (κ1) is 94.1. The van der Waals surface area contributed by atoms with E-state index in [0.717, 1.165) is 108 Å². The minimum absolute atomic E-state index is 0.101. The number of phosphoric acid groups is 2. The molecule has 0 amide bonds. The molecule has 0 aromatic carbocycles. The third-order valence-electron chi connectivity index (χ3n) is 18.2. The zero-order chi connectivity index (χ0) is 71.0. The highest BCUT2D eigenvalue weighted by Gasteiger charge is 2.30. The number of ether oxygens (including phenoxy) is 4. The summed E-state index contributed by atoms with van der Waals surface area (Å²) >= 11 is 0. The van der Waals surface area contributed by atoms with Crippen LogP contribution in [0, 0.1) is 23.7 Å². The van der Waals surface area contributed by atoms with Crippen LogP contribution < -0.4 is 0 Å². The van der Waals surface area contributed by atoms with Crippen LogP contribution in [0.5, 0.6) is 0 Å². The average molecular weight is 1410 g/mol. The van der Waals surface area contributed by atoms with Gasteiger partial charge in [0.15, 0.2) is 12.2 Å². The summed E-state index contributed by atoms with van der Waals surface area (Å²) in [6.45, 7) is 14.1. The van der Waals surface area contributed by atoms with Gasteiger partial charge in [-0.1, -0.05) is 338 Å². The second kappa shape index (κ2) is 66.3. The molecule has 0 aliphatic rings. The van der Waals surface area contributed by atoms with E-state index in [2.05, 4.69) is 55.4 Å². The van der Waals surface area contributed by atoms with Gasteiger partial charge >= 0.3 is 39.5 Å². The van der Waals surface area contributed by atoms with Crippen LogP contribution in [0.1, 0.15) is 389 Å². The van der Waals surface area contributed by atoms with Gasteiger partial charge < -0.3 is 33.8 Å². The van der Waals surface area contributed by atoms with E-state index < -0.39 is 97.5 Å². The lowest BCUT2D eigenvalue weighted by atomic mass is 9.99. The molecule has 19 heteroatoms. The van der Waals surface area contributed by atoms with E-state index in [-0.39, 0.29) is 25.7 Å². The molecule has 0 rings (SSSR count). The third kappa shape index (κ3) is 69.2. The Bertz CT molecular complexity index is 1890. The molecule has 0 aromatic heterocycles. The molecule has 4 unspecified atom stereocenters. The standard InChI is InChI=1S/C77H150O17P2/c1-9-70(8)56-48-40-31-25-21-17-14-15-19-23-27-33-43-51-59-76(81)93-72(63-87-74(79)57-49-41-32-26-22-18-13-11-10-12-16-20-24-29-37-45-53-67(2)3)65-91-95(83,84)89-61-71(78)62-90-96(85,86)92-66-73(94-77(82)60-52-44-36-35-39-47-55-69(6)7)64-88-75(80)58-50-42-34-28-30-38-46-54-68(4)5/h67-73,78H,9-66H2,1-8H3,(H,83,84)(H,85,86)/t70?,71?,72-,73-/m1/s1. The predicted molar refractivity (Wildman–Crippen MR) is 391 cm³/mol. The lowest BCUT2D eigenvalue weighted by Gasteiger charge is -2.21. The minimum Gasteiger partial charge on any atom is -0.462 e. The van der Waals surface area contributed by atoms with Crippen molar-refractivity contribution in [3.05, 3.63) is 0 Å². The highest BCUT2D eigenvalue weighted by Crippen LogP contribution is 2.45. The Labute approximate surface area is 588 Å². The number of phosphoric ester groups is 2. The van der Waals surface area contributed by atoms with Gasteiger partial charge in [0.25, 0.3) is 0 Å². The number of carbonyl (C=O) groups is 4. The van der Waals surface area contributed by atoms with E-state index in [4.69, 9.17) is 37.0 Å². The van der Waals surface area contributed by atoms with Crippen molar-refractivity contribution in [3.63, 3.8) is 0 Å². The van der Waals surface area contributed by atoms with Gasteiger partial charge in [0.05, 0.1) is 26.4 Å². The van der Waals surface area contributed by atoms with Gasteiger partial charge in [0.1, 0.15) is 19.3 Å². The summed E-state index contributed by atoms with van der Waals surface area (Å²) in [6, 6.07) is 0. The molecule has 17 nitrogen and oxygen atoms in total. The second-order valence-electron chi connectivity index (χ2n) is 29.4. The van der Waals surface area contributed by atoms with Gasteiger partial charge in [-0.05, 0) is 49.4 Å². The summed E-state index contributed by atoms with van der Waals surface area (Å²) in [4.78, 5) is 72.7. The van der Waals surface area contributed by atoms with E-state index in [0.29, 0.717) is 37.5 Å². The van der Waals surface area contributed by atoms with E-state index >= 15 is 0 Å². The van der Waals surface area contributed by atoms with Crippen molar-refractivity contribution in [2.45, 2.75) is 408 Å². The SMILES string of the molecule is CCC(C)CCCCCCCCCCCCCCCCC(=O)O[C@H](COC(=O)CCCCCCCCCCCCCCCCCCC(C)C)COP(=O)(O)OCC(O)COP(=O)(O)OC[C@@H](COC(=O)CCCCCCCCCC(C)C)OC(=O)CCCCCCCCC(C)C. The monoisotopic (exact) mass is 1410 g/mol. The molecule has 0 spiro atoms. The van der Waals surface area contributed by atoms with Crippen molar-refractivity contribution in [2.24, 2.45) is 23.7 Å². The fourth-order valence-electron chi connectivity index (χ4n) is 11.7. The molecule has 6 atom stereocenters. The highest BCUT2D eigenvalue weighted by atomic mass is 31.2. The van der Waals surface area contributed by atoms with Gasteiger partial charge in [0.2, 0.25) is 0 Å². The number of hydrogen-bond donors (Lipinski definition) is 3. The van der Waals surface area contributed by atoms with E-state index in [9.17, 15) is 43.2 Å². The smallest absolute Gasteiger partial charge is 0.462 e. The fourth-order valence-corrected chi connectivity index (χ4v) is 13.3. The Morgan fingerprint density at radius 3 is 0.740 bits per heavy atom. The van der Waals surface area contributed by atoms with Crippen molar-refractivity contribution >= 4 is 39.5 Å². The van der Waals surface area contributed by atoms with Crippen LogP contribution in [0.15, 0.2) is 0 Å². The van der Waals surface area contributed by atoms with Gasteiger partial charge in [0, 0.05) is 25.7 Å². The van der Waals surface area contributed by atoms with Crippen molar-refractivity contribution in [1.82, 2.24) is 0 Å². The van der Waals surface area contributed by atoms with E-state index in [1.54, 1.807) is 0 Å². The molecule has 0 saturated carbocycles. The Kier molecular flexibility index (Phi) is 65.0. The Balaban J connectivity index is 5.20. The first-order valence-electron chi connectivity index (χ1n) is 39.7. The molecule has 0 saturated heterocycles. The maximum atomic E-state index is 13.1. The minimum atomic E-state index is -4.96. The highest BCUT2D eigenvalue weighted by molar-refractivity contribution is 7.47. The molecule has 0 radical (unpaired) electrons. The Hall–Kier alpha value is -1.94. The lowest BCUT2D eigenvalue weighted by Crippen LogP contribution is -2.30. The number of aliphatic hydroxyl groups excluding tert-OH is 1. The molecule has 0 aliphatic heterocycles. The molecule has 3 N–H and O–H groups in total. The normalized spacial score (nSPS) is 14.4. The van der Waals surface area contributed by atoms with Crippen LogP contribution in [-0.2, 0) is 65.4 Å². The van der Waals surface area contributed by atoms with Crippen LogP contribution in [0.4, 0.5) is 0 Å². The Morgan fingerprint density at radius 1 is 0.292 bits per heavy atom. The molecular weight excluding hydrogens is 1260 g/mol. The molecule has 570 valence electrons. The van der Waals surface area contributed by atoms with Crippen LogP contribution in [0.3, 0.4) is 0 Å². The molecule has 0 heterocycles. The molecule has 0 aromatic rings. The summed E-state index contributed by atoms with van der Waals surface area (Å²) in [5.41, 5.74) is 0. The fraction of sp³-hybridized carbons (Fsp3) is 0.948. The van der Waals surface area contributed by atoms with Gasteiger partial charge in [-0.2, -0.15) is 0 Å². The van der Waals surface area contributed by atoms with Crippen LogP contribution in [-0.4, -0.2) is 96.7 Å². The predicted octanol–water partition coefficient (Wildman–Crippen LogP) is 22.4. The third-order valence-corrected chi connectivity index (χ3v) is 20.1. The summed E-state index contributed by atoms with van der Waals surface area (Å²) in [5, 5.41) is 10.6. The number of esters is 4. The second-order valence-corrected chi connectivity index (χ2v) is 32.3. The quantitative estimate of drug-likeness (QED) is 0.0222.